The van der Waals surface area contributed by atoms with Crippen molar-refractivity contribution in [3.8, 4) is 0 Å². The fraction of sp³-hybridized carbons (Fsp3) is 0.188. The Balaban J connectivity index is 1.66. The summed E-state index contributed by atoms with van der Waals surface area (Å²) in [4.78, 5) is 13.0. The molecule has 2 aromatic rings. The first-order valence-corrected chi connectivity index (χ1v) is 8.25. The van der Waals surface area contributed by atoms with Crippen molar-refractivity contribution in [3.63, 3.8) is 0 Å². The van der Waals surface area contributed by atoms with Crippen LogP contribution in [0.3, 0.4) is 0 Å². The maximum atomic E-state index is 11.8. The van der Waals surface area contributed by atoms with E-state index >= 15 is 0 Å². The molecule has 4 heteroatoms. The van der Waals surface area contributed by atoms with E-state index in [9.17, 15) is 4.79 Å². The fourth-order valence-electron chi connectivity index (χ4n) is 1.70. The summed E-state index contributed by atoms with van der Waals surface area (Å²) in [6.45, 7) is 0. The summed E-state index contributed by atoms with van der Waals surface area (Å²) in [7, 11) is 0. The summed E-state index contributed by atoms with van der Waals surface area (Å²) in [5.74, 6) is 1.03. The minimum absolute atomic E-state index is 0.0704. The first-order valence-electron chi connectivity index (χ1n) is 6.47. The molecular formula is C16H16BrNOS. The van der Waals surface area contributed by atoms with Gasteiger partial charge in [-0.25, -0.2) is 0 Å². The molecule has 0 unspecified atom stereocenters. The lowest BCUT2D eigenvalue weighted by molar-refractivity contribution is -0.116. The molecule has 2 rings (SSSR count). The smallest absolute Gasteiger partial charge is 0.224 e. The zero-order valence-electron chi connectivity index (χ0n) is 11.0. The van der Waals surface area contributed by atoms with E-state index in [1.54, 1.807) is 11.8 Å². The van der Waals surface area contributed by atoms with E-state index in [0.29, 0.717) is 6.42 Å². The Labute approximate surface area is 132 Å². The van der Waals surface area contributed by atoms with Gasteiger partial charge in [0.2, 0.25) is 5.91 Å². The van der Waals surface area contributed by atoms with Crippen molar-refractivity contribution in [2.75, 3.05) is 11.1 Å². The molecule has 0 radical (unpaired) electrons. The molecule has 2 aromatic carbocycles. The average Bonchev–Trinajstić information content (AvgIpc) is 2.47. The summed E-state index contributed by atoms with van der Waals surface area (Å²) in [6, 6.07) is 17.9. The summed E-state index contributed by atoms with van der Waals surface area (Å²) in [5.41, 5.74) is 0.842. The molecule has 0 aromatic heterocycles. The second-order valence-electron chi connectivity index (χ2n) is 4.32. The SMILES string of the molecule is O=C(CCCSc1ccccc1)Nc1ccc(Br)cc1. The van der Waals surface area contributed by atoms with E-state index in [-0.39, 0.29) is 5.91 Å². The molecule has 0 heterocycles. The standard InChI is InChI=1S/C16H16BrNOS/c17-13-8-10-14(11-9-13)18-16(19)7-4-12-20-15-5-2-1-3-6-15/h1-3,5-6,8-11H,4,7,12H2,(H,18,19). The molecule has 0 bridgehead atoms. The molecule has 0 saturated heterocycles. The third-order valence-electron chi connectivity index (χ3n) is 2.69. The Morgan fingerprint density at radius 2 is 1.75 bits per heavy atom. The molecule has 20 heavy (non-hydrogen) atoms. The number of hydrogen-bond acceptors (Lipinski definition) is 2. The number of thioether (sulfide) groups is 1. The predicted octanol–water partition coefficient (Wildman–Crippen LogP) is 4.96. The zero-order valence-corrected chi connectivity index (χ0v) is 13.4. The van der Waals surface area contributed by atoms with Gasteiger partial charge in [0.25, 0.3) is 0 Å². The van der Waals surface area contributed by atoms with Crippen LogP contribution >= 0.6 is 27.7 Å². The van der Waals surface area contributed by atoms with Crippen molar-refractivity contribution in [2.45, 2.75) is 17.7 Å². The van der Waals surface area contributed by atoms with Gasteiger partial charge < -0.3 is 5.32 Å². The number of carbonyl (C=O) groups excluding carboxylic acids is 1. The van der Waals surface area contributed by atoms with E-state index in [4.69, 9.17) is 0 Å². The molecule has 0 aliphatic rings. The minimum Gasteiger partial charge on any atom is -0.326 e. The number of halogens is 1. The Hall–Kier alpha value is -1.26. The highest BCUT2D eigenvalue weighted by atomic mass is 79.9. The van der Waals surface area contributed by atoms with E-state index in [1.807, 2.05) is 42.5 Å². The quantitative estimate of drug-likeness (QED) is 0.589. The van der Waals surface area contributed by atoms with E-state index in [2.05, 4.69) is 33.4 Å². The summed E-state index contributed by atoms with van der Waals surface area (Å²) >= 11 is 5.15. The fourth-order valence-corrected chi connectivity index (χ4v) is 2.83. The van der Waals surface area contributed by atoms with Gasteiger partial charge in [0.15, 0.2) is 0 Å². The van der Waals surface area contributed by atoms with Gasteiger partial charge in [-0.05, 0) is 48.6 Å². The molecule has 0 atom stereocenters. The molecule has 1 N–H and O–H groups in total. The van der Waals surface area contributed by atoms with Crippen molar-refractivity contribution in [2.24, 2.45) is 0 Å². The molecule has 104 valence electrons. The van der Waals surface area contributed by atoms with E-state index in [1.165, 1.54) is 4.90 Å². The van der Waals surface area contributed by atoms with Gasteiger partial charge in [-0.15, -0.1) is 11.8 Å². The Morgan fingerprint density at radius 3 is 2.45 bits per heavy atom. The van der Waals surface area contributed by atoms with Crippen molar-refractivity contribution >= 4 is 39.3 Å². The maximum absolute atomic E-state index is 11.8. The number of rotatable bonds is 6. The molecule has 0 saturated carbocycles. The van der Waals surface area contributed by atoms with Crippen molar-refractivity contribution in [1.29, 1.82) is 0 Å². The van der Waals surface area contributed by atoms with Crippen molar-refractivity contribution in [3.05, 3.63) is 59.1 Å². The lowest BCUT2D eigenvalue weighted by Gasteiger charge is -2.05. The van der Waals surface area contributed by atoms with E-state index < -0.39 is 0 Å². The van der Waals surface area contributed by atoms with Gasteiger partial charge in [0, 0.05) is 21.5 Å². The zero-order chi connectivity index (χ0) is 14.2. The summed E-state index contributed by atoms with van der Waals surface area (Å²) < 4.78 is 1.01. The number of benzene rings is 2. The number of amides is 1. The lowest BCUT2D eigenvalue weighted by Crippen LogP contribution is -2.11. The number of anilines is 1. The molecule has 0 fully saturated rings. The van der Waals surface area contributed by atoms with Crippen LogP contribution in [0.2, 0.25) is 0 Å². The van der Waals surface area contributed by atoms with Gasteiger partial charge in [-0.2, -0.15) is 0 Å². The first kappa shape index (κ1) is 15.1. The van der Waals surface area contributed by atoms with Crippen LogP contribution in [0.5, 0.6) is 0 Å². The van der Waals surface area contributed by atoms with Gasteiger partial charge >= 0.3 is 0 Å². The molecule has 0 aliphatic heterocycles. The van der Waals surface area contributed by atoms with Crippen LogP contribution in [0.25, 0.3) is 0 Å². The van der Waals surface area contributed by atoms with Crippen LogP contribution in [0, 0.1) is 0 Å². The van der Waals surface area contributed by atoms with Gasteiger partial charge in [-0.3, -0.25) is 4.79 Å². The van der Waals surface area contributed by atoms with Crippen molar-refractivity contribution < 1.29 is 4.79 Å². The number of hydrogen-bond donors (Lipinski definition) is 1. The Kier molecular flexibility index (Phi) is 6.15. The Morgan fingerprint density at radius 1 is 1.05 bits per heavy atom. The van der Waals surface area contributed by atoms with Gasteiger partial charge in [0.1, 0.15) is 0 Å². The van der Waals surface area contributed by atoms with Crippen molar-refractivity contribution in [1.82, 2.24) is 0 Å². The van der Waals surface area contributed by atoms with Gasteiger partial charge in [0.05, 0.1) is 0 Å². The summed E-state index contributed by atoms with van der Waals surface area (Å²) in [6.07, 6.45) is 1.43. The molecule has 0 spiro atoms. The topological polar surface area (TPSA) is 29.1 Å². The second-order valence-corrected chi connectivity index (χ2v) is 6.40. The van der Waals surface area contributed by atoms with Crippen LogP contribution in [0.4, 0.5) is 5.69 Å². The van der Waals surface area contributed by atoms with Crippen LogP contribution in [-0.2, 0) is 4.79 Å². The van der Waals surface area contributed by atoms with Crippen LogP contribution in [-0.4, -0.2) is 11.7 Å². The van der Waals surface area contributed by atoms with Crippen LogP contribution in [0.1, 0.15) is 12.8 Å². The molecular weight excluding hydrogens is 334 g/mol. The highest BCUT2D eigenvalue weighted by Gasteiger charge is 2.02. The highest BCUT2D eigenvalue weighted by molar-refractivity contribution is 9.10. The molecule has 0 aliphatic carbocycles. The highest BCUT2D eigenvalue weighted by Crippen LogP contribution is 2.19. The third kappa shape index (κ3) is 5.39. The third-order valence-corrected chi connectivity index (χ3v) is 4.32. The lowest BCUT2D eigenvalue weighted by atomic mass is 10.3. The van der Waals surface area contributed by atoms with Gasteiger partial charge in [-0.1, -0.05) is 34.1 Å². The number of nitrogens with one attached hydrogen (secondary N) is 1. The Bertz CT molecular complexity index is 542. The first-order chi connectivity index (χ1) is 9.74. The second kappa shape index (κ2) is 8.12. The maximum Gasteiger partial charge on any atom is 0.224 e. The van der Waals surface area contributed by atoms with E-state index in [0.717, 1.165) is 22.3 Å². The minimum atomic E-state index is 0.0704. The predicted molar refractivity (Wildman–Crippen MR) is 89.2 cm³/mol. The average molecular weight is 350 g/mol. The van der Waals surface area contributed by atoms with Crippen LogP contribution in [0.15, 0.2) is 64.0 Å². The largest absolute Gasteiger partial charge is 0.326 e. The molecule has 2 nitrogen and oxygen atoms in total. The number of carbonyl (C=O) groups is 1. The van der Waals surface area contributed by atoms with Crippen LogP contribution < -0.4 is 5.32 Å². The monoisotopic (exact) mass is 349 g/mol. The summed E-state index contributed by atoms with van der Waals surface area (Å²) in [5, 5.41) is 2.90. The normalized spacial score (nSPS) is 10.2. The molecule has 1 amide bonds.